The molecular formula is C6H4N2O6P+. The molecule has 1 aromatic rings. The molecule has 0 amide bonds. The summed E-state index contributed by atoms with van der Waals surface area (Å²) in [6.07, 6.45) is 0. The van der Waals surface area contributed by atoms with Gasteiger partial charge in [0.2, 0.25) is 5.30 Å². The van der Waals surface area contributed by atoms with Crippen molar-refractivity contribution in [3.63, 3.8) is 0 Å². The van der Waals surface area contributed by atoms with Gasteiger partial charge in [-0.3, -0.25) is 20.2 Å². The highest BCUT2D eigenvalue weighted by atomic mass is 31.1. The van der Waals surface area contributed by atoms with Crippen molar-refractivity contribution in [3.05, 3.63) is 38.4 Å². The zero-order chi connectivity index (χ0) is 11.6. The van der Waals surface area contributed by atoms with Crippen molar-refractivity contribution in [2.45, 2.75) is 0 Å². The third kappa shape index (κ3) is 2.52. The van der Waals surface area contributed by atoms with Crippen LogP contribution >= 0.6 is 8.03 Å². The summed E-state index contributed by atoms with van der Waals surface area (Å²) in [5, 5.41) is 20.4. The quantitative estimate of drug-likeness (QED) is 0.467. The van der Waals surface area contributed by atoms with Crippen molar-refractivity contribution in [1.82, 2.24) is 0 Å². The number of nitrogens with zero attached hydrogens (tertiary/aromatic N) is 2. The lowest BCUT2D eigenvalue weighted by atomic mass is 10.3. The summed E-state index contributed by atoms with van der Waals surface area (Å²) in [6, 6.07) is 2.37. The van der Waals surface area contributed by atoms with Crippen LogP contribution in [0.15, 0.2) is 18.2 Å². The minimum absolute atomic E-state index is 0.342. The van der Waals surface area contributed by atoms with E-state index in [1.54, 1.807) is 0 Å². The molecule has 1 atom stereocenters. The smallest absolute Gasteiger partial charge is 0.258 e. The van der Waals surface area contributed by atoms with Crippen molar-refractivity contribution in [2.24, 2.45) is 0 Å². The first-order chi connectivity index (χ1) is 6.91. The van der Waals surface area contributed by atoms with E-state index in [0.29, 0.717) is 0 Å². The molecule has 78 valence electrons. The summed E-state index contributed by atoms with van der Waals surface area (Å²) < 4.78 is 10.7. The lowest BCUT2D eigenvalue weighted by Crippen LogP contribution is -2.02. The predicted octanol–water partition coefficient (Wildman–Crippen LogP) is 0.863. The van der Waals surface area contributed by atoms with Crippen LogP contribution in [0.25, 0.3) is 0 Å². The number of nitro groups is 2. The molecular weight excluding hydrogens is 227 g/mol. The molecule has 1 unspecified atom stereocenters. The molecule has 0 bridgehead atoms. The molecule has 1 N–H and O–H groups in total. The Hall–Kier alpha value is -1.92. The fourth-order valence-electron chi connectivity index (χ4n) is 0.901. The summed E-state index contributed by atoms with van der Waals surface area (Å²) in [5.41, 5.74) is -1.17. The van der Waals surface area contributed by atoms with E-state index in [9.17, 15) is 24.8 Å². The van der Waals surface area contributed by atoms with Crippen molar-refractivity contribution in [3.8, 4) is 0 Å². The van der Waals surface area contributed by atoms with Crippen molar-refractivity contribution in [2.75, 3.05) is 0 Å². The number of hydrogen-bond acceptors (Lipinski definition) is 5. The summed E-state index contributed by atoms with van der Waals surface area (Å²) in [5.74, 6) is 0. The third-order valence-corrected chi connectivity index (χ3v) is 2.23. The molecule has 15 heavy (non-hydrogen) atoms. The van der Waals surface area contributed by atoms with Crippen LogP contribution in [0, 0.1) is 20.2 Å². The second-order valence-electron chi connectivity index (χ2n) is 2.49. The highest BCUT2D eigenvalue weighted by Gasteiger charge is 2.26. The van der Waals surface area contributed by atoms with Crippen LogP contribution in [0.2, 0.25) is 0 Å². The Bertz CT molecular complexity index is 380. The molecule has 8 nitrogen and oxygen atoms in total. The zero-order valence-electron chi connectivity index (χ0n) is 7.06. The van der Waals surface area contributed by atoms with Gasteiger partial charge in [-0.15, -0.1) is 0 Å². The van der Waals surface area contributed by atoms with Gasteiger partial charge in [0.15, 0.2) is 0 Å². The Morgan fingerprint density at radius 2 is 1.47 bits per heavy atom. The number of rotatable bonds is 3. The fourth-order valence-corrected chi connectivity index (χ4v) is 1.39. The Morgan fingerprint density at radius 3 is 1.73 bits per heavy atom. The van der Waals surface area contributed by atoms with Gasteiger partial charge >= 0.3 is 8.03 Å². The van der Waals surface area contributed by atoms with Crippen LogP contribution in [-0.2, 0) is 4.57 Å². The van der Waals surface area contributed by atoms with Gasteiger partial charge < -0.3 is 0 Å². The van der Waals surface area contributed by atoms with E-state index < -0.39 is 29.2 Å². The maximum atomic E-state index is 10.7. The van der Waals surface area contributed by atoms with Gasteiger partial charge in [0.05, 0.1) is 28.0 Å². The van der Waals surface area contributed by atoms with Crippen LogP contribution in [0.4, 0.5) is 11.4 Å². The second-order valence-corrected chi connectivity index (χ2v) is 3.56. The van der Waals surface area contributed by atoms with E-state index in [0.717, 1.165) is 18.2 Å². The third-order valence-electron chi connectivity index (χ3n) is 1.53. The molecule has 9 heteroatoms. The number of nitro benzene ring substituents is 2. The predicted molar refractivity (Wildman–Crippen MR) is 49.2 cm³/mol. The molecule has 0 aliphatic carbocycles. The Labute approximate surface area is 83.3 Å². The zero-order valence-corrected chi connectivity index (χ0v) is 7.96. The number of benzene rings is 1. The Kier molecular flexibility index (Phi) is 3.03. The van der Waals surface area contributed by atoms with Crippen LogP contribution in [-0.4, -0.2) is 14.7 Å². The molecule has 0 fully saturated rings. The van der Waals surface area contributed by atoms with E-state index in [1.807, 2.05) is 0 Å². The van der Waals surface area contributed by atoms with Crippen LogP contribution in [0.5, 0.6) is 0 Å². The lowest BCUT2D eigenvalue weighted by molar-refractivity contribution is -0.394. The van der Waals surface area contributed by atoms with Crippen LogP contribution in [0.3, 0.4) is 0 Å². The van der Waals surface area contributed by atoms with Gasteiger partial charge in [0.1, 0.15) is 0 Å². The average molecular weight is 231 g/mol. The van der Waals surface area contributed by atoms with Crippen molar-refractivity contribution in [1.29, 1.82) is 0 Å². The average Bonchev–Trinajstić information content (AvgIpc) is 2.16. The second kappa shape index (κ2) is 4.07. The van der Waals surface area contributed by atoms with Crippen LogP contribution < -0.4 is 5.30 Å². The van der Waals surface area contributed by atoms with E-state index in [1.165, 1.54) is 0 Å². The lowest BCUT2D eigenvalue weighted by Gasteiger charge is -1.91. The molecule has 0 aliphatic rings. The molecule has 1 aromatic carbocycles. The van der Waals surface area contributed by atoms with Crippen molar-refractivity contribution >= 4 is 24.7 Å². The Morgan fingerprint density at radius 1 is 1.07 bits per heavy atom. The first-order valence-corrected chi connectivity index (χ1v) is 4.73. The molecule has 0 saturated heterocycles. The standard InChI is InChI=1S/C6H3N2O6P/c9-7(10)4-1-5(8(11)12)3-6(2-4)15(13)14/h1-3H/p+1. The topological polar surface area (TPSA) is 124 Å². The maximum Gasteiger partial charge on any atom is 0.546 e. The van der Waals surface area contributed by atoms with Gasteiger partial charge in [0.25, 0.3) is 11.4 Å². The SMILES string of the molecule is O=[N+]([O-])c1cc([N+](=O)[O-])cc([P+](=O)O)c1. The minimum atomic E-state index is -2.84. The fraction of sp³-hybridized carbons (Fsp3) is 0. The largest absolute Gasteiger partial charge is 0.546 e. The molecule has 1 rings (SSSR count). The van der Waals surface area contributed by atoms with Crippen LogP contribution in [0.1, 0.15) is 0 Å². The van der Waals surface area contributed by atoms with Gasteiger partial charge in [-0.2, -0.15) is 4.89 Å². The maximum absolute atomic E-state index is 10.7. The highest BCUT2D eigenvalue weighted by Crippen LogP contribution is 2.23. The normalized spacial score (nSPS) is 10.9. The molecule has 0 heterocycles. The first kappa shape index (κ1) is 11.2. The van der Waals surface area contributed by atoms with E-state index >= 15 is 0 Å². The number of non-ortho nitro benzene ring substituents is 2. The monoisotopic (exact) mass is 231 g/mol. The summed E-state index contributed by atoms with van der Waals surface area (Å²) in [4.78, 5) is 27.7. The highest BCUT2D eigenvalue weighted by molar-refractivity contribution is 7.47. The number of hydrogen-bond donors (Lipinski definition) is 1. The molecule has 0 aliphatic heterocycles. The van der Waals surface area contributed by atoms with E-state index in [-0.39, 0.29) is 5.30 Å². The first-order valence-electron chi connectivity index (χ1n) is 3.52. The summed E-state index contributed by atoms with van der Waals surface area (Å²) in [6.45, 7) is 0. The van der Waals surface area contributed by atoms with Gasteiger partial charge in [0, 0.05) is 0 Å². The van der Waals surface area contributed by atoms with Gasteiger partial charge in [-0.25, -0.2) is 0 Å². The minimum Gasteiger partial charge on any atom is -0.258 e. The van der Waals surface area contributed by atoms with Crippen molar-refractivity contribution < 1.29 is 19.3 Å². The van der Waals surface area contributed by atoms with Gasteiger partial charge in [-0.1, -0.05) is 0 Å². The van der Waals surface area contributed by atoms with E-state index in [2.05, 4.69) is 0 Å². The molecule has 0 aromatic heterocycles. The van der Waals surface area contributed by atoms with E-state index in [4.69, 9.17) is 4.89 Å². The molecule has 0 saturated carbocycles. The summed E-state index contributed by atoms with van der Waals surface area (Å²) in [7, 11) is -2.84. The Balaban J connectivity index is 3.39. The molecule has 0 radical (unpaired) electrons. The molecule has 0 spiro atoms. The summed E-state index contributed by atoms with van der Waals surface area (Å²) >= 11 is 0. The van der Waals surface area contributed by atoms with Gasteiger partial charge in [-0.05, 0) is 4.57 Å².